The number of hydrogen-bond acceptors (Lipinski definition) is 3. The molecule has 1 aliphatic heterocycles. The molecule has 1 heterocycles. The fourth-order valence-corrected chi connectivity index (χ4v) is 1.32. The zero-order valence-corrected chi connectivity index (χ0v) is 7.18. The molecule has 0 aliphatic carbocycles. The zero-order valence-electron chi connectivity index (χ0n) is 7.18. The average molecular weight is 177 g/mol. The number of hydroxylamine groups is 2. The van der Waals surface area contributed by atoms with Crippen LogP contribution in [0.25, 0.3) is 0 Å². The van der Waals surface area contributed by atoms with Crippen molar-refractivity contribution >= 4 is 0 Å². The molecule has 13 heavy (non-hydrogen) atoms. The van der Waals surface area contributed by atoms with Crippen LogP contribution in [0.1, 0.15) is 5.56 Å². The summed E-state index contributed by atoms with van der Waals surface area (Å²) in [5.41, 5.74) is 1.09. The van der Waals surface area contributed by atoms with Crippen molar-refractivity contribution in [3.8, 4) is 5.75 Å². The first-order valence-corrected chi connectivity index (χ1v) is 4.14. The van der Waals surface area contributed by atoms with Crippen LogP contribution in [0.5, 0.6) is 5.75 Å². The van der Waals surface area contributed by atoms with E-state index < -0.39 is 6.23 Å². The Morgan fingerprint density at radius 3 is 3.00 bits per heavy atom. The minimum Gasteiger partial charge on any atom is -0.402 e. The monoisotopic (exact) mass is 177 g/mol. The van der Waals surface area contributed by atoms with E-state index in [1.807, 2.05) is 24.3 Å². The Morgan fingerprint density at radius 1 is 1.54 bits per heavy atom. The second kappa shape index (κ2) is 3.20. The summed E-state index contributed by atoms with van der Waals surface area (Å²) in [6.07, 6.45) is 0.693. The van der Waals surface area contributed by atoms with E-state index in [9.17, 15) is 5.11 Å². The van der Waals surface area contributed by atoms with Gasteiger partial charge in [0.15, 0.2) is 12.0 Å². The van der Waals surface area contributed by atoms with Crippen LogP contribution in [-0.4, -0.2) is 16.4 Å². The SMILES string of the molecule is C=CC(O)N1Cc2ccccc2O1. The number of aliphatic hydroxyl groups is 1. The predicted molar refractivity (Wildman–Crippen MR) is 48.8 cm³/mol. The molecule has 0 radical (unpaired) electrons. The summed E-state index contributed by atoms with van der Waals surface area (Å²) in [6.45, 7) is 4.10. The molecule has 2 rings (SSSR count). The molecule has 0 amide bonds. The van der Waals surface area contributed by atoms with Crippen LogP contribution >= 0.6 is 0 Å². The van der Waals surface area contributed by atoms with E-state index in [2.05, 4.69) is 6.58 Å². The molecule has 0 saturated carbocycles. The molecule has 1 unspecified atom stereocenters. The summed E-state index contributed by atoms with van der Waals surface area (Å²) < 4.78 is 0. The number of para-hydroxylation sites is 1. The molecule has 0 aromatic heterocycles. The van der Waals surface area contributed by atoms with Crippen molar-refractivity contribution in [2.75, 3.05) is 0 Å². The van der Waals surface area contributed by atoms with E-state index in [0.29, 0.717) is 6.54 Å². The van der Waals surface area contributed by atoms with Crippen LogP contribution < -0.4 is 4.84 Å². The Balaban J connectivity index is 2.18. The average Bonchev–Trinajstić information content (AvgIpc) is 2.59. The largest absolute Gasteiger partial charge is 0.402 e. The number of nitrogens with zero attached hydrogens (tertiary/aromatic N) is 1. The molecular weight excluding hydrogens is 166 g/mol. The molecule has 0 fully saturated rings. The van der Waals surface area contributed by atoms with Gasteiger partial charge >= 0.3 is 0 Å². The third kappa shape index (κ3) is 1.43. The van der Waals surface area contributed by atoms with Crippen molar-refractivity contribution in [3.63, 3.8) is 0 Å². The Bertz CT molecular complexity index is 299. The lowest BCUT2D eigenvalue weighted by Crippen LogP contribution is -2.31. The van der Waals surface area contributed by atoms with Gasteiger partial charge in [0.05, 0.1) is 6.54 Å². The van der Waals surface area contributed by atoms with Crippen LogP contribution in [0.4, 0.5) is 0 Å². The molecular formula is C10H11NO2. The third-order valence-electron chi connectivity index (χ3n) is 2.02. The molecule has 1 N–H and O–H groups in total. The summed E-state index contributed by atoms with van der Waals surface area (Å²) in [6, 6.07) is 7.71. The fourth-order valence-electron chi connectivity index (χ4n) is 1.32. The maximum absolute atomic E-state index is 9.41. The van der Waals surface area contributed by atoms with E-state index in [1.54, 1.807) is 0 Å². The Kier molecular flexibility index (Phi) is 2.04. The van der Waals surface area contributed by atoms with E-state index in [1.165, 1.54) is 11.1 Å². The van der Waals surface area contributed by atoms with Gasteiger partial charge in [-0.3, -0.25) is 0 Å². The topological polar surface area (TPSA) is 32.7 Å². The quantitative estimate of drug-likeness (QED) is 0.691. The molecule has 3 heteroatoms. The van der Waals surface area contributed by atoms with Crippen LogP contribution in [-0.2, 0) is 6.54 Å². The number of benzene rings is 1. The molecule has 0 bridgehead atoms. The lowest BCUT2D eigenvalue weighted by atomic mass is 10.2. The van der Waals surface area contributed by atoms with Crippen LogP contribution in [0.3, 0.4) is 0 Å². The number of hydrogen-bond donors (Lipinski definition) is 1. The Morgan fingerprint density at radius 2 is 2.31 bits per heavy atom. The Labute approximate surface area is 76.8 Å². The maximum Gasteiger partial charge on any atom is 0.159 e. The second-order valence-electron chi connectivity index (χ2n) is 2.92. The van der Waals surface area contributed by atoms with Crippen molar-refractivity contribution < 1.29 is 9.94 Å². The zero-order chi connectivity index (χ0) is 9.26. The van der Waals surface area contributed by atoms with Crippen LogP contribution in [0, 0.1) is 0 Å². The number of rotatable bonds is 2. The lowest BCUT2D eigenvalue weighted by molar-refractivity contribution is -0.140. The minimum atomic E-state index is -0.743. The van der Waals surface area contributed by atoms with Crippen molar-refractivity contribution in [2.45, 2.75) is 12.8 Å². The Hall–Kier alpha value is -1.32. The summed E-state index contributed by atoms with van der Waals surface area (Å²) in [5, 5.41) is 10.9. The van der Waals surface area contributed by atoms with Gasteiger partial charge in [0.2, 0.25) is 0 Å². The van der Waals surface area contributed by atoms with Crippen LogP contribution in [0.15, 0.2) is 36.9 Å². The van der Waals surface area contributed by atoms with Gasteiger partial charge in [-0.1, -0.05) is 24.8 Å². The van der Waals surface area contributed by atoms with Crippen molar-refractivity contribution in [2.24, 2.45) is 0 Å². The van der Waals surface area contributed by atoms with Gasteiger partial charge in [0.1, 0.15) is 0 Å². The van der Waals surface area contributed by atoms with Gasteiger partial charge < -0.3 is 9.94 Å². The van der Waals surface area contributed by atoms with Gasteiger partial charge in [-0.05, 0) is 12.1 Å². The van der Waals surface area contributed by atoms with E-state index >= 15 is 0 Å². The predicted octanol–water partition coefficient (Wildman–Crippen LogP) is 1.30. The molecule has 0 spiro atoms. The molecule has 3 nitrogen and oxygen atoms in total. The van der Waals surface area contributed by atoms with E-state index in [4.69, 9.17) is 4.84 Å². The molecule has 1 atom stereocenters. The van der Waals surface area contributed by atoms with Crippen molar-refractivity contribution in [3.05, 3.63) is 42.5 Å². The maximum atomic E-state index is 9.41. The highest BCUT2D eigenvalue weighted by molar-refractivity contribution is 5.35. The fraction of sp³-hybridized carbons (Fsp3) is 0.200. The highest BCUT2D eigenvalue weighted by Crippen LogP contribution is 2.28. The lowest BCUT2D eigenvalue weighted by Gasteiger charge is -2.17. The van der Waals surface area contributed by atoms with Gasteiger partial charge in [0, 0.05) is 5.56 Å². The first kappa shape index (κ1) is 8.29. The van der Waals surface area contributed by atoms with Crippen LogP contribution in [0.2, 0.25) is 0 Å². The molecule has 1 aromatic carbocycles. The van der Waals surface area contributed by atoms with E-state index in [-0.39, 0.29) is 0 Å². The summed E-state index contributed by atoms with van der Waals surface area (Å²) >= 11 is 0. The standard InChI is InChI=1S/C10H11NO2/c1-2-10(12)11-7-8-5-3-4-6-9(8)13-11/h2-6,10,12H,1,7H2. The summed E-state index contributed by atoms with van der Waals surface area (Å²) in [7, 11) is 0. The van der Waals surface area contributed by atoms with Gasteiger partial charge in [-0.25, -0.2) is 0 Å². The van der Waals surface area contributed by atoms with E-state index in [0.717, 1.165) is 11.3 Å². The van der Waals surface area contributed by atoms with Gasteiger partial charge in [-0.15, -0.1) is 5.06 Å². The molecule has 1 aromatic rings. The highest BCUT2D eigenvalue weighted by Gasteiger charge is 2.24. The molecule has 0 saturated heterocycles. The van der Waals surface area contributed by atoms with Gasteiger partial charge in [-0.2, -0.15) is 0 Å². The summed E-state index contributed by atoms with van der Waals surface area (Å²) in [5.74, 6) is 0.809. The number of fused-ring (bicyclic) bond motifs is 1. The minimum absolute atomic E-state index is 0.601. The summed E-state index contributed by atoms with van der Waals surface area (Å²) in [4.78, 5) is 5.37. The normalized spacial score (nSPS) is 17.6. The highest BCUT2D eigenvalue weighted by atomic mass is 16.7. The first-order chi connectivity index (χ1) is 6.31. The van der Waals surface area contributed by atoms with Crippen molar-refractivity contribution in [1.82, 2.24) is 5.06 Å². The molecule has 68 valence electrons. The number of aliphatic hydroxyl groups excluding tert-OH is 1. The van der Waals surface area contributed by atoms with Crippen molar-refractivity contribution in [1.29, 1.82) is 0 Å². The smallest absolute Gasteiger partial charge is 0.159 e. The first-order valence-electron chi connectivity index (χ1n) is 4.14. The molecule has 1 aliphatic rings. The van der Waals surface area contributed by atoms with Gasteiger partial charge in [0.25, 0.3) is 0 Å². The second-order valence-corrected chi connectivity index (χ2v) is 2.92. The third-order valence-corrected chi connectivity index (χ3v) is 2.02.